The van der Waals surface area contributed by atoms with Crippen LogP contribution in [0.1, 0.15) is 12.5 Å². The number of para-hydroxylation sites is 2. The minimum Gasteiger partial charge on any atom is -0.375 e. The van der Waals surface area contributed by atoms with Crippen LogP contribution in [0, 0.1) is 0 Å². The number of nitrogens with zero attached hydrogens (tertiary/aromatic N) is 1. The number of benzene rings is 2. The molecule has 1 aliphatic heterocycles. The van der Waals surface area contributed by atoms with Crippen molar-refractivity contribution in [3.8, 4) is 11.4 Å². The summed E-state index contributed by atoms with van der Waals surface area (Å²) in [6, 6.07) is 15.7. The number of nitrogens with one attached hydrogen (secondary N) is 3. The molecule has 142 valence electrons. The van der Waals surface area contributed by atoms with Crippen LogP contribution in [0.2, 0.25) is 0 Å². The average molecular weight is 387 g/mol. The van der Waals surface area contributed by atoms with Gasteiger partial charge >= 0.3 is 0 Å². The van der Waals surface area contributed by atoms with Crippen molar-refractivity contribution in [1.82, 2.24) is 20.6 Å². The van der Waals surface area contributed by atoms with Gasteiger partial charge in [0.2, 0.25) is 5.91 Å². The number of imidazole rings is 1. The molecule has 1 saturated heterocycles. The average Bonchev–Trinajstić information content (AvgIpc) is 3.11. The molecule has 2 heterocycles. The van der Waals surface area contributed by atoms with E-state index in [1.54, 1.807) is 0 Å². The molecule has 0 unspecified atom stereocenters. The summed E-state index contributed by atoms with van der Waals surface area (Å²) in [4.78, 5) is 20.2. The number of morpholine rings is 1. The third-order valence-corrected chi connectivity index (χ3v) is 4.68. The first kappa shape index (κ1) is 19.4. The summed E-state index contributed by atoms with van der Waals surface area (Å²) >= 11 is 0. The quantitative estimate of drug-likeness (QED) is 0.644. The summed E-state index contributed by atoms with van der Waals surface area (Å²) in [5.74, 6) is 0.817. The van der Waals surface area contributed by atoms with Gasteiger partial charge in [0.05, 0.1) is 23.7 Å². The van der Waals surface area contributed by atoms with Gasteiger partial charge in [-0.05, 0) is 24.6 Å². The molecule has 0 spiro atoms. The van der Waals surface area contributed by atoms with Crippen molar-refractivity contribution in [2.75, 3.05) is 13.2 Å². The lowest BCUT2D eigenvalue weighted by Crippen LogP contribution is -2.55. The molecule has 7 heteroatoms. The molecule has 1 amide bonds. The van der Waals surface area contributed by atoms with Crippen molar-refractivity contribution >= 4 is 29.3 Å². The maximum atomic E-state index is 12.3. The van der Waals surface area contributed by atoms with Crippen LogP contribution in [-0.2, 0) is 16.1 Å². The van der Waals surface area contributed by atoms with Crippen LogP contribution < -0.4 is 10.6 Å². The van der Waals surface area contributed by atoms with Crippen LogP contribution >= 0.6 is 12.4 Å². The molecule has 27 heavy (non-hydrogen) atoms. The van der Waals surface area contributed by atoms with E-state index >= 15 is 0 Å². The molecular weight excluding hydrogens is 364 g/mol. The number of fused-ring (bicyclic) bond motifs is 1. The maximum absolute atomic E-state index is 12.3. The van der Waals surface area contributed by atoms with Crippen LogP contribution in [0.25, 0.3) is 22.4 Å². The van der Waals surface area contributed by atoms with Crippen molar-refractivity contribution in [3.05, 3.63) is 54.1 Å². The van der Waals surface area contributed by atoms with Crippen LogP contribution in [0.4, 0.5) is 0 Å². The lowest BCUT2D eigenvalue weighted by atomic mass is 10.1. The zero-order valence-corrected chi connectivity index (χ0v) is 15.9. The van der Waals surface area contributed by atoms with Gasteiger partial charge in [0.15, 0.2) is 0 Å². The minimum absolute atomic E-state index is 0. The van der Waals surface area contributed by atoms with Crippen molar-refractivity contribution in [1.29, 1.82) is 0 Å². The number of amides is 1. The van der Waals surface area contributed by atoms with Crippen LogP contribution in [0.15, 0.2) is 48.5 Å². The predicted molar refractivity (Wildman–Crippen MR) is 108 cm³/mol. The highest BCUT2D eigenvalue weighted by molar-refractivity contribution is 5.85. The highest BCUT2D eigenvalue weighted by atomic mass is 35.5. The molecule has 6 nitrogen and oxygen atoms in total. The number of hydrogen-bond acceptors (Lipinski definition) is 4. The summed E-state index contributed by atoms with van der Waals surface area (Å²) in [7, 11) is 0. The van der Waals surface area contributed by atoms with Crippen LogP contribution in [0.3, 0.4) is 0 Å². The number of carbonyl (C=O) groups is 1. The number of rotatable bonds is 4. The second-order valence-electron chi connectivity index (χ2n) is 6.52. The lowest BCUT2D eigenvalue weighted by molar-refractivity contribution is -0.129. The molecule has 3 N–H and O–H groups in total. The molecule has 0 radical (unpaired) electrons. The van der Waals surface area contributed by atoms with Crippen molar-refractivity contribution in [2.45, 2.75) is 25.6 Å². The molecular formula is C20H23ClN4O2. The number of aromatic nitrogens is 2. The fourth-order valence-electron chi connectivity index (χ4n) is 3.20. The molecule has 0 saturated carbocycles. The second-order valence-corrected chi connectivity index (χ2v) is 6.52. The number of ether oxygens (including phenoxy) is 1. The summed E-state index contributed by atoms with van der Waals surface area (Å²) in [5, 5.41) is 6.17. The van der Waals surface area contributed by atoms with Crippen molar-refractivity contribution in [3.63, 3.8) is 0 Å². The topological polar surface area (TPSA) is 79.0 Å². The SMILES string of the molecule is C[C@H]1OCCN[C@@H]1C(=O)NCc1ccc(-c2nc3ccccc3[nH]2)cc1.Cl. The lowest BCUT2D eigenvalue weighted by Gasteiger charge is -2.29. The van der Waals surface area contributed by atoms with E-state index in [2.05, 4.69) is 20.6 Å². The summed E-state index contributed by atoms with van der Waals surface area (Å²) in [6.45, 7) is 3.76. The van der Waals surface area contributed by atoms with Gasteiger partial charge < -0.3 is 20.4 Å². The number of aromatic amines is 1. The van der Waals surface area contributed by atoms with Crippen molar-refractivity contribution in [2.24, 2.45) is 0 Å². The summed E-state index contributed by atoms with van der Waals surface area (Å²) in [6.07, 6.45) is -0.112. The van der Waals surface area contributed by atoms with E-state index in [-0.39, 0.29) is 30.5 Å². The van der Waals surface area contributed by atoms with Crippen LogP contribution in [-0.4, -0.2) is 41.2 Å². The van der Waals surface area contributed by atoms with Gasteiger partial charge in [-0.15, -0.1) is 12.4 Å². The van der Waals surface area contributed by atoms with E-state index in [0.29, 0.717) is 19.7 Å². The number of carbonyl (C=O) groups excluding carboxylic acids is 1. The van der Waals surface area contributed by atoms with E-state index in [9.17, 15) is 4.79 Å². The van der Waals surface area contributed by atoms with E-state index in [4.69, 9.17) is 4.74 Å². The van der Waals surface area contributed by atoms with Gasteiger partial charge in [0, 0.05) is 18.7 Å². The predicted octanol–water partition coefficient (Wildman–Crippen LogP) is 2.64. The zero-order valence-electron chi connectivity index (χ0n) is 15.1. The summed E-state index contributed by atoms with van der Waals surface area (Å²) in [5.41, 5.74) is 4.04. The Hall–Kier alpha value is -2.41. The van der Waals surface area contributed by atoms with Gasteiger partial charge in [-0.3, -0.25) is 4.79 Å². The molecule has 0 bridgehead atoms. The van der Waals surface area contributed by atoms with Gasteiger partial charge in [-0.25, -0.2) is 4.98 Å². The Labute approximate surface area is 164 Å². The Kier molecular flexibility index (Phi) is 6.11. The standard InChI is InChI=1S/C20H22N4O2.ClH/c1-13-18(21-10-11-26-13)20(25)22-12-14-6-8-15(9-7-14)19-23-16-4-2-3-5-17(16)24-19;/h2-9,13,18,21H,10-12H2,1H3,(H,22,25)(H,23,24);1H/t13-,18+;/m1./s1. The monoisotopic (exact) mass is 386 g/mol. The first-order chi connectivity index (χ1) is 12.7. The zero-order chi connectivity index (χ0) is 17.9. The Morgan fingerprint density at radius 1 is 1.22 bits per heavy atom. The number of hydrogen-bond donors (Lipinski definition) is 3. The first-order valence-electron chi connectivity index (χ1n) is 8.87. The van der Waals surface area contributed by atoms with E-state index in [0.717, 1.165) is 28.0 Å². The Morgan fingerprint density at radius 2 is 2.00 bits per heavy atom. The summed E-state index contributed by atoms with van der Waals surface area (Å²) < 4.78 is 5.52. The second kappa shape index (κ2) is 8.52. The van der Waals surface area contributed by atoms with Gasteiger partial charge in [-0.1, -0.05) is 36.4 Å². The van der Waals surface area contributed by atoms with E-state index < -0.39 is 0 Å². The molecule has 2 aromatic carbocycles. The maximum Gasteiger partial charge on any atom is 0.240 e. The first-order valence-corrected chi connectivity index (χ1v) is 8.87. The van der Waals surface area contributed by atoms with Crippen molar-refractivity contribution < 1.29 is 9.53 Å². The largest absolute Gasteiger partial charge is 0.375 e. The van der Waals surface area contributed by atoms with Gasteiger partial charge in [-0.2, -0.15) is 0 Å². The Bertz CT molecular complexity index is 877. The molecule has 1 aromatic heterocycles. The smallest absolute Gasteiger partial charge is 0.240 e. The van der Waals surface area contributed by atoms with Crippen LogP contribution in [0.5, 0.6) is 0 Å². The Morgan fingerprint density at radius 3 is 2.74 bits per heavy atom. The fourth-order valence-corrected chi connectivity index (χ4v) is 3.20. The molecule has 2 atom stereocenters. The fraction of sp³-hybridized carbons (Fsp3) is 0.300. The number of H-pyrrole nitrogens is 1. The normalized spacial score (nSPS) is 19.4. The third kappa shape index (κ3) is 4.30. The minimum atomic E-state index is -0.293. The molecule has 0 aliphatic carbocycles. The molecule has 1 fully saturated rings. The highest BCUT2D eigenvalue weighted by Crippen LogP contribution is 2.20. The van der Waals surface area contributed by atoms with E-state index in [1.165, 1.54) is 0 Å². The molecule has 1 aliphatic rings. The van der Waals surface area contributed by atoms with Gasteiger partial charge in [0.25, 0.3) is 0 Å². The molecule has 3 aromatic rings. The number of halogens is 1. The van der Waals surface area contributed by atoms with E-state index in [1.807, 2.05) is 55.5 Å². The third-order valence-electron chi connectivity index (χ3n) is 4.68. The molecule has 4 rings (SSSR count). The van der Waals surface area contributed by atoms with Gasteiger partial charge in [0.1, 0.15) is 11.9 Å². The highest BCUT2D eigenvalue weighted by Gasteiger charge is 2.27. The Balaban J connectivity index is 0.00000210.